The van der Waals surface area contributed by atoms with E-state index in [0.717, 1.165) is 116 Å². The fraction of sp³-hybridized carbons (Fsp3) is 0.373. The number of amides is 2. The van der Waals surface area contributed by atoms with Crippen LogP contribution in [0.25, 0.3) is 89.5 Å². The van der Waals surface area contributed by atoms with E-state index in [1.165, 1.54) is 71.1 Å². The van der Waals surface area contributed by atoms with Crippen molar-refractivity contribution in [3.63, 3.8) is 0 Å². The lowest BCUT2D eigenvalue weighted by Crippen LogP contribution is -2.39. The van der Waals surface area contributed by atoms with Gasteiger partial charge in [-0.2, -0.15) is 0 Å². The van der Waals surface area contributed by atoms with Crippen LogP contribution < -0.4 is 0 Å². The number of carbonyl (C=O) groups is 4. The molecule has 0 unspecified atom stereocenters. The number of hydrogen-bond acceptors (Lipinski definition) is 10. The third-order valence-electron chi connectivity index (χ3n) is 21.2. The summed E-state index contributed by atoms with van der Waals surface area (Å²) in [6.07, 6.45) is 20.8. The Morgan fingerprint density at radius 1 is 0.440 bits per heavy atom. The second-order valence-corrected chi connectivity index (χ2v) is 28.3. The van der Waals surface area contributed by atoms with Gasteiger partial charge >= 0.3 is 11.9 Å². The first-order valence-corrected chi connectivity index (χ1v) is 35.9. The highest BCUT2D eigenvalue weighted by Crippen LogP contribution is 2.44. The second kappa shape index (κ2) is 30.6. The number of methoxy groups -OCH3 is 2. The Balaban J connectivity index is 0.000000179. The lowest BCUT2D eigenvalue weighted by molar-refractivity contribution is -0.148. The van der Waals surface area contributed by atoms with Crippen molar-refractivity contribution in [1.29, 1.82) is 0 Å². The Labute approximate surface area is 585 Å². The number of H-pyrrole nitrogens is 4. The van der Waals surface area contributed by atoms with Gasteiger partial charge in [-0.25, -0.2) is 24.3 Å². The van der Waals surface area contributed by atoms with Crippen molar-refractivity contribution in [2.45, 2.75) is 148 Å². The number of aromatic nitrogens is 8. The van der Waals surface area contributed by atoms with Gasteiger partial charge in [0.15, 0.2) is 0 Å². The molecule has 2 amide bonds. The maximum Gasteiger partial charge on any atom is 0.306 e. The molecule has 516 valence electrons. The molecule has 6 heterocycles. The minimum absolute atomic E-state index is 0.00906. The van der Waals surface area contributed by atoms with Crippen molar-refractivity contribution in [2.75, 3.05) is 27.3 Å². The van der Waals surface area contributed by atoms with Crippen LogP contribution in [0.5, 0.6) is 0 Å². The number of imidazole rings is 4. The monoisotopic (exact) mass is 1340 g/mol. The number of ether oxygens (including phenoxy) is 2. The minimum atomic E-state index is -0.476. The van der Waals surface area contributed by atoms with Crippen molar-refractivity contribution >= 4 is 23.8 Å². The Hall–Kier alpha value is -10.0. The van der Waals surface area contributed by atoms with E-state index >= 15 is 4.39 Å². The Kier molecular flexibility index (Phi) is 21.0. The number of nitrogens with zero attached hydrogens (tertiary/aromatic N) is 6. The molecule has 2 saturated carbocycles. The van der Waals surface area contributed by atoms with Gasteiger partial charge in [-0.3, -0.25) is 19.2 Å². The number of likely N-dealkylation sites (tertiary alicyclic amines) is 2. The number of nitrogens with one attached hydrogen (secondary N) is 4. The normalized spacial score (nSPS) is 17.1. The summed E-state index contributed by atoms with van der Waals surface area (Å²) in [6.45, 7) is 11.3. The standard InChI is InChI=1S/C42H47N5O3.C41H44FN5O3/c1-26(2)33(23-38(48)50-4)42(49)47-20-10-15-37(47)41-44-25-36(46-41)32-21-27(3)39(34(22-32)28-11-6-5-7-12-28)30-18-16-29(17-19-30)35-24-43-40(45-35)31-13-8-9-14-31;1-25(2)31(22-37(48)50-3)41(49)47-19-9-14-36(47)40-44-24-35(46-40)30-20-32(26-10-5-4-6-11-26)38(33(42)21-30)28-17-15-27(16-18-28)34-23-43-39(45-34)29-12-7-8-13-29/h5-7,11-12,16-19,21-22,24-26,31,33,37H,8-10,13-15,20,23H2,1-4H3,(H,43,45)(H,44,46);4-6,10-11,15-18,20-21,23-25,29,31,36H,7-9,12-14,19,22H2,1-3H3,(H,43,45)(H,44,46)/t33-,37-;31-,36-/m00/s1. The first-order chi connectivity index (χ1) is 48.6. The summed E-state index contributed by atoms with van der Waals surface area (Å²) in [5.74, 6) is 2.59. The number of rotatable bonds is 20. The molecular formula is C83H91FN10O6. The average Bonchev–Trinajstić information content (AvgIpc) is 1.25. The van der Waals surface area contributed by atoms with E-state index in [0.29, 0.717) is 47.6 Å². The van der Waals surface area contributed by atoms with E-state index in [9.17, 15) is 19.2 Å². The van der Waals surface area contributed by atoms with Crippen LogP contribution >= 0.6 is 0 Å². The Morgan fingerprint density at radius 2 is 0.800 bits per heavy atom. The fourth-order valence-electron chi connectivity index (χ4n) is 15.6. The third kappa shape index (κ3) is 14.8. The summed E-state index contributed by atoms with van der Waals surface area (Å²) < 4.78 is 26.2. The van der Waals surface area contributed by atoms with Gasteiger partial charge in [0.2, 0.25) is 11.8 Å². The number of carbonyl (C=O) groups excluding carboxylic acids is 4. The van der Waals surface area contributed by atoms with Crippen LogP contribution in [0.4, 0.5) is 4.39 Å². The van der Waals surface area contributed by atoms with Crippen LogP contribution in [0.2, 0.25) is 0 Å². The molecule has 2 saturated heterocycles. The summed E-state index contributed by atoms with van der Waals surface area (Å²) in [4.78, 5) is 88.4. The van der Waals surface area contributed by atoms with Crippen LogP contribution in [0.15, 0.2) is 158 Å². The van der Waals surface area contributed by atoms with E-state index < -0.39 is 17.8 Å². The maximum atomic E-state index is 16.4. The predicted octanol–water partition coefficient (Wildman–Crippen LogP) is 18.4. The van der Waals surface area contributed by atoms with E-state index in [2.05, 4.69) is 92.5 Å². The average molecular weight is 1340 g/mol. The number of aromatic amines is 4. The number of aryl methyl sites for hydroxylation is 1. The first kappa shape index (κ1) is 68.5. The zero-order valence-corrected chi connectivity index (χ0v) is 58.5. The van der Waals surface area contributed by atoms with E-state index in [1.807, 2.05) is 123 Å². The zero-order chi connectivity index (χ0) is 69.6. The quantitative estimate of drug-likeness (QED) is 0.0531. The largest absolute Gasteiger partial charge is 0.469 e. The van der Waals surface area contributed by atoms with Crippen molar-refractivity contribution < 1.29 is 33.0 Å². The maximum absolute atomic E-state index is 16.4. The highest BCUT2D eigenvalue weighted by atomic mass is 19.1. The molecule has 6 aromatic carbocycles. The molecule has 17 heteroatoms. The molecule has 10 aromatic rings. The predicted molar refractivity (Wildman–Crippen MR) is 389 cm³/mol. The molecule has 2 aliphatic heterocycles. The molecule has 100 heavy (non-hydrogen) atoms. The number of halogens is 1. The van der Waals surface area contributed by atoms with Gasteiger partial charge in [-0.15, -0.1) is 0 Å². The van der Waals surface area contributed by atoms with Crippen LogP contribution in [-0.2, 0) is 28.7 Å². The van der Waals surface area contributed by atoms with Crippen LogP contribution in [0, 0.1) is 36.4 Å². The number of esters is 2. The molecule has 4 aliphatic rings. The molecule has 14 rings (SSSR count). The topological polar surface area (TPSA) is 208 Å². The van der Waals surface area contributed by atoms with E-state index in [-0.39, 0.29) is 60.4 Å². The van der Waals surface area contributed by atoms with Gasteiger partial charge in [-0.1, -0.05) is 163 Å². The lowest BCUT2D eigenvalue weighted by atomic mass is 9.88. The van der Waals surface area contributed by atoms with E-state index in [1.54, 1.807) is 12.3 Å². The van der Waals surface area contributed by atoms with Gasteiger partial charge in [0.25, 0.3) is 0 Å². The molecule has 2 aliphatic carbocycles. The van der Waals surface area contributed by atoms with Crippen LogP contribution in [0.1, 0.15) is 170 Å². The fourth-order valence-corrected chi connectivity index (χ4v) is 15.6. The number of hydrogen-bond donors (Lipinski definition) is 4. The SMILES string of the molecule is COC(=O)C[C@H](C(=O)N1CCC[C@H]1c1ncc(-c2cc(C)c(-c3ccc(-c4cnc(C5CCCC5)[nH]4)cc3)c(-c3ccccc3)c2)[nH]1)C(C)C.COC(=O)C[C@H](C(=O)N1CCC[C@H]1c1ncc(-c2cc(F)c(-c3ccc(-c4cnc(C5CCCC5)[nH]4)cc3)c(-c3ccccc3)c2)[nH]1)C(C)C. The summed E-state index contributed by atoms with van der Waals surface area (Å²) in [5, 5.41) is 0. The van der Waals surface area contributed by atoms with Crippen LogP contribution in [0.3, 0.4) is 0 Å². The molecule has 4 N–H and O–H groups in total. The number of benzene rings is 6. The second-order valence-electron chi connectivity index (χ2n) is 28.3. The van der Waals surface area contributed by atoms with Crippen molar-refractivity contribution in [1.82, 2.24) is 49.7 Å². The van der Waals surface area contributed by atoms with Crippen LogP contribution in [-0.4, -0.2) is 101 Å². The highest BCUT2D eigenvalue weighted by Gasteiger charge is 2.40. The minimum Gasteiger partial charge on any atom is -0.469 e. The first-order valence-electron chi connectivity index (χ1n) is 35.9. The smallest absolute Gasteiger partial charge is 0.306 e. The molecule has 0 radical (unpaired) electrons. The summed E-state index contributed by atoms with van der Waals surface area (Å²) >= 11 is 0. The summed E-state index contributed by atoms with van der Waals surface area (Å²) in [7, 11) is 2.71. The third-order valence-corrected chi connectivity index (χ3v) is 21.2. The Morgan fingerprint density at radius 3 is 1.21 bits per heavy atom. The molecule has 4 fully saturated rings. The van der Waals surface area contributed by atoms with E-state index in [4.69, 9.17) is 24.4 Å². The lowest BCUT2D eigenvalue weighted by Gasteiger charge is -2.29. The summed E-state index contributed by atoms with van der Waals surface area (Å²) in [6, 6.07) is 44.8. The van der Waals surface area contributed by atoms with Crippen molar-refractivity contribution in [3.05, 3.63) is 193 Å². The van der Waals surface area contributed by atoms with Crippen molar-refractivity contribution in [2.24, 2.45) is 23.7 Å². The van der Waals surface area contributed by atoms with Gasteiger partial charge in [0.05, 0.1) is 98.5 Å². The van der Waals surface area contributed by atoms with Gasteiger partial charge < -0.3 is 39.2 Å². The molecule has 4 aromatic heterocycles. The molecule has 0 spiro atoms. The molecule has 4 atom stereocenters. The van der Waals surface area contributed by atoms with Gasteiger partial charge in [0, 0.05) is 41.6 Å². The van der Waals surface area contributed by atoms with Gasteiger partial charge in [0.1, 0.15) is 29.1 Å². The molecule has 16 nitrogen and oxygen atoms in total. The molecular weight excluding hydrogens is 1250 g/mol. The van der Waals surface area contributed by atoms with Gasteiger partial charge in [-0.05, 0) is 150 Å². The Bertz CT molecular complexity index is 4200. The highest BCUT2D eigenvalue weighted by molar-refractivity contribution is 5.91. The summed E-state index contributed by atoms with van der Waals surface area (Å²) in [5.41, 5.74) is 16.3. The van der Waals surface area contributed by atoms with Crippen molar-refractivity contribution in [3.8, 4) is 89.5 Å². The molecule has 0 bridgehead atoms. The zero-order valence-electron chi connectivity index (χ0n) is 58.5.